The van der Waals surface area contributed by atoms with Gasteiger partial charge in [0.2, 0.25) is 5.76 Å². The van der Waals surface area contributed by atoms with Crippen molar-refractivity contribution in [2.45, 2.75) is 25.9 Å². The topological polar surface area (TPSA) is 50.5 Å². The number of benzene rings is 3. The standard InChI is InChI=1S/C26H19BrFNO3/c1-2-15-3-7-17(8-4-15)23-22-24(30)20-13-18(27)9-12-21(20)32-25(22)26(31)29(23)14-16-5-10-19(28)11-6-16/h3-13,23H,2,14H2,1H3/t23-/m1/s1. The van der Waals surface area contributed by atoms with Crippen LogP contribution in [0.4, 0.5) is 4.39 Å². The van der Waals surface area contributed by atoms with Crippen molar-refractivity contribution < 1.29 is 13.6 Å². The molecule has 1 amide bonds. The smallest absolute Gasteiger partial charge is 0.291 e. The molecule has 1 aliphatic rings. The van der Waals surface area contributed by atoms with Crippen molar-refractivity contribution in [1.82, 2.24) is 4.90 Å². The summed E-state index contributed by atoms with van der Waals surface area (Å²) >= 11 is 3.41. The van der Waals surface area contributed by atoms with Crippen LogP contribution in [0.3, 0.4) is 0 Å². The van der Waals surface area contributed by atoms with E-state index in [2.05, 4.69) is 22.9 Å². The van der Waals surface area contributed by atoms with Gasteiger partial charge in [-0.15, -0.1) is 0 Å². The fraction of sp³-hybridized carbons (Fsp3) is 0.154. The van der Waals surface area contributed by atoms with Crippen LogP contribution in [-0.2, 0) is 13.0 Å². The number of aryl methyl sites for hydroxylation is 1. The van der Waals surface area contributed by atoms with Crippen LogP contribution in [0.15, 0.2) is 80.4 Å². The van der Waals surface area contributed by atoms with E-state index in [1.807, 2.05) is 24.3 Å². The van der Waals surface area contributed by atoms with E-state index in [1.54, 1.807) is 35.2 Å². The summed E-state index contributed by atoms with van der Waals surface area (Å²) in [7, 11) is 0. The molecule has 2 heterocycles. The molecule has 1 aromatic heterocycles. The number of carbonyl (C=O) groups is 1. The van der Waals surface area contributed by atoms with Crippen LogP contribution in [-0.4, -0.2) is 10.8 Å². The van der Waals surface area contributed by atoms with Crippen LogP contribution >= 0.6 is 15.9 Å². The maximum Gasteiger partial charge on any atom is 0.291 e. The van der Waals surface area contributed by atoms with Gasteiger partial charge in [0.15, 0.2) is 5.43 Å². The van der Waals surface area contributed by atoms with Gasteiger partial charge in [-0.05, 0) is 53.4 Å². The fourth-order valence-corrected chi connectivity index (χ4v) is 4.59. The molecule has 0 aliphatic carbocycles. The maximum absolute atomic E-state index is 13.6. The van der Waals surface area contributed by atoms with E-state index >= 15 is 0 Å². The number of fused-ring (bicyclic) bond motifs is 2. The Hall–Kier alpha value is -3.25. The molecule has 0 saturated carbocycles. The molecule has 1 aliphatic heterocycles. The summed E-state index contributed by atoms with van der Waals surface area (Å²) < 4.78 is 20.1. The minimum atomic E-state index is -0.590. The van der Waals surface area contributed by atoms with E-state index in [1.165, 1.54) is 12.1 Å². The fourth-order valence-electron chi connectivity index (χ4n) is 4.22. The van der Waals surface area contributed by atoms with Gasteiger partial charge in [0.1, 0.15) is 11.4 Å². The molecule has 1 atom stereocenters. The van der Waals surface area contributed by atoms with Gasteiger partial charge in [0, 0.05) is 11.0 Å². The van der Waals surface area contributed by atoms with E-state index in [9.17, 15) is 14.0 Å². The van der Waals surface area contributed by atoms with Crippen LogP contribution in [0, 0.1) is 5.82 Å². The van der Waals surface area contributed by atoms with E-state index in [0.717, 1.165) is 27.6 Å². The molecule has 0 unspecified atom stereocenters. The number of carbonyl (C=O) groups excluding carboxylic acids is 1. The molecule has 0 saturated heterocycles. The van der Waals surface area contributed by atoms with Crippen molar-refractivity contribution in [2.24, 2.45) is 0 Å². The highest BCUT2D eigenvalue weighted by molar-refractivity contribution is 9.10. The molecule has 0 bridgehead atoms. The number of hydrogen-bond acceptors (Lipinski definition) is 3. The second-order valence-electron chi connectivity index (χ2n) is 7.87. The number of hydrogen-bond donors (Lipinski definition) is 0. The molecule has 0 fully saturated rings. The van der Waals surface area contributed by atoms with Crippen molar-refractivity contribution in [3.63, 3.8) is 0 Å². The Labute approximate surface area is 192 Å². The Morgan fingerprint density at radius 2 is 1.66 bits per heavy atom. The summed E-state index contributed by atoms with van der Waals surface area (Å²) in [6, 6.07) is 18.5. The predicted molar refractivity (Wildman–Crippen MR) is 124 cm³/mol. The molecule has 32 heavy (non-hydrogen) atoms. The first-order valence-corrected chi connectivity index (χ1v) is 11.2. The summed E-state index contributed by atoms with van der Waals surface area (Å²) in [5, 5.41) is 0.421. The zero-order valence-corrected chi connectivity index (χ0v) is 18.9. The maximum atomic E-state index is 13.6. The Balaban J connectivity index is 1.70. The van der Waals surface area contributed by atoms with E-state index in [-0.39, 0.29) is 29.5 Å². The molecular formula is C26H19BrFNO3. The molecule has 6 heteroatoms. The second kappa shape index (κ2) is 8.02. The zero-order valence-electron chi connectivity index (χ0n) is 17.3. The van der Waals surface area contributed by atoms with E-state index < -0.39 is 6.04 Å². The Bertz CT molecular complexity index is 1390. The number of nitrogens with zero attached hydrogens (tertiary/aromatic N) is 1. The van der Waals surface area contributed by atoms with Crippen LogP contribution in [0.1, 0.15) is 45.8 Å². The SMILES string of the molecule is CCc1ccc([C@@H]2c3c(oc4ccc(Br)cc4c3=O)C(=O)N2Cc2ccc(F)cc2)cc1. The summed E-state index contributed by atoms with van der Waals surface area (Å²) in [5.74, 6) is -0.627. The Morgan fingerprint density at radius 3 is 2.34 bits per heavy atom. The molecule has 0 N–H and O–H groups in total. The van der Waals surface area contributed by atoms with E-state index in [0.29, 0.717) is 16.5 Å². The molecule has 0 spiro atoms. The van der Waals surface area contributed by atoms with Gasteiger partial charge in [0.25, 0.3) is 5.91 Å². The first kappa shape index (κ1) is 20.6. The van der Waals surface area contributed by atoms with Crippen molar-refractivity contribution >= 4 is 32.8 Å². The zero-order chi connectivity index (χ0) is 22.4. The lowest BCUT2D eigenvalue weighted by Gasteiger charge is -2.25. The number of rotatable bonds is 4. The first-order valence-electron chi connectivity index (χ1n) is 10.4. The second-order valence-corrected chi connectivity index (χ2v) is 8.79. The van der Waals surface area contributed by atoms with Crippen molar-refractivity contribution in [1.29, 1.82) is 0 Å². The highest BCUT2D eigenvalue weighted by atomic mass is 79.9. The molecule has 0 radical (unpaired) electrons. The molecular weight excluding hydrogens is 473 g/mol. The van der Waals surface area contributed by atoms with Crippen LogP contribution in [0.25, 0.3) is 11.0 Å². The lowest BCUT2D eigenvalue weighted by Crippen LogP contribution is -2.29. The third-order valence-electron chi connectivity index (χ3n) is 5.90. The Morgan fingerprint density at radius 1 is 0.969 bits per heavy atom. The van der Waals surface area contributed by atoms with Crippen LogP contribution < -0.4 is 5.43 Å². The van der Waals surface area contributed by atoms with Gasteiger partial charge in [-0.3, -0.25) is 9.59 Å². The van der Waals surface area contributed by atoms with Gasteiger partial charge in [-0.25, -0.2) is 4.39 Å². The Kier molecular flexibility index (Phi) is 5.18. The third-order valence-corrected chi connectivity index (χ3v) is 6.39. The lowest BCUT2D eigenvalue weighted by atomic mass is 9.97. The average Bonchev–Trinajstić information content (AvgIpc) is 3.08. The van der Waals surface area contributed by atoms with Gasteiger partial charge in [-0.1, -0.05) is 59.3 Å². The molecule has 5 rings (SSSR count). The number of halogens is 2. The van der Waals surface area contributed by atoms with Crippen LogP contribution in [0.2, 0.25) is 0 Å². The summed E-state index contributed by atoms with van der Waals surface area (Å²) in [6.45, 7) is 2.30. The molecule has 3 aromatic carbocycles. The summed E-state index contributed by atoms with van der Waals surface area (Å²) in [5.41, 5.74) is 3.25. The molecule has 4 nitrogen and oxygen atoms in total. The average molecular weight is 492 g/mol. The summed E-state index contributed by atoms with van der Waals surface area (Å²) in [6.07, 6.45) is 0.889. The summed E-state index contributed by atoms with van der Waals surface area (Å²) in [4.78, 5) is 28.6. The van der Waals surface area contributed by atoms with Gasteiger partial charge < -0.3 is 9.32 Å². The van der Waals surface area contributed by atoms with Crippen LogP contribution in [0.5, 0.6) is 0 Å². The lowest BCUT2D eigenvalue weighted by molar-refractivity contribution is 0.0714. The molecule has 160 valence electrons. The van der Waals surface area contributed by atoms with Crippen molar-refractivity contribution in [2.75, 3.05) is 0 Å². The monoisotopic (exact) mass is 491 g/mol. The largest absolute Gasteiger partial charge is 0.450 e. The van der Waals surface area contributed by atoms with Gasteiger partial charge >= 0.3 is 0 Å². The van der Waals surface area contributed by atoms with Crippen molar-refractivity contribution in [3.8, 4) is 0 Å². The highest BCUT2D eigenvalue weighted by Gasteiger charge is 2.42. The van der Waals surface area contributed by atoms with Gasteiger partial charge in [-0.2, -0.15) is 0 Å². The highest BCUT2D eigenvalue weighted by Crippen LogP contribution is 2.39. The molecule has 4 aromatic rings. The minimum absolute atomic E-state index is 0.0662. The minimum Gasteiger partial charge on any atom is -0.450 e. The quantitative estimate of drug-likeness (QED) is 0.351. The normalized spacial score (nSPS) is 15.4. The van der Waals surface area contributed by atoms with Crippen molar-refractivity contribution in [3.05, 3.63) is 115 Å². The first-order chi connectivity index (χ1) is 15.5. The number of amides is 1. The van der Waals surface area contributed by atoms with E-state index in [4.69, 9.17) is 4.42 Å². The third kappa shape index (κ3) is 3.45. The van der Waals surface area contributed by atoms with Gasteiger partial charge in [0.05, 0.1) is 17.0 Å². The predicted octanol–water partition coefficient (Wildman–Crippen LogP) is 6.00.